The second-order valence-electron chi connectivity index (χ2n) is 7.78. The van der Waals surface area contributed by atoms with Gasteiger partial charge in [-0.25, -0.2) is 0 Å². The van der Waals surface area contributed by atoms with Gasteiger partial charge < -0.3 is 28.8 Å². The number of aliphatic hydroxyl groups is 1. The third-order valence-corrected chi connectivity index (χ3v) is 5.87. The highest BCUT2D eigenvalue weighted by Gasteiger charge is 2.23. The van der Waals surface area contributed by atoms with Gasteiger partial charge in [-0.2, -0.15) is 0 Å². The number of aliphatic hydroxyl groups excluding tert-OH is 1. The average Bonchev–Trinajstić information content (AvgIpc) is 3.31. The van der Waals surface area contributed by atoms with Crippen LogP contribution in [0, 0.1) is 0 Å². The molecule has 1 saturated heterocycles. The first-order chi connectivity index (χ1) is 15.5. The van der Waals surface area contributed by atoms with Gasteiger partial charge in [0.15, 0.2) is 11.5 Å². The second-order valence-corrected chi connectivity index (χ2v) is 8.70. The van der Waals surface area contributed by atoms with Gasteiger partial charge in [-0.15, -0.1) is 0 Å². The first-order valence-corrected chi connectivity index (χ1v) is 11.5. The number of benzene rings is 2. The van der Waals surface area contributed by atoms with E-state index in [4.69, 9.17) is 23.7 Å². The Kier molecular flexibility index (Phi) is 9.47. The summed E-state index contributed by atoms with van der Waals surface area (Å²) in [5.74, 6) is 2.51. The molecule has 2 aromatic rings. The van der Waals surface area contributed by atoms with Crippen LogP contribution in [0.25, 0.3) is 0 Å². The van der Waals surface area contributed by atoms with Gasteiger partial charge >= 0.3 is 0 Å². The molecule has 2 unspecified atom stereocenters. The molecule has 0 aliphatic carbocycles. The number of hydrogen-bond donors (Lipinski definition) is 1. The Morgan fingerprint density at radius 2 is 1.78 bits per heavy atom. The molecule has 1 aliphatic rings. The van der Waals surface area contributed by atoms with Crippen molar-refractivity contribution in [2.24, 2.45) is 0 Å². The summed E-state index contributed by atoms with van der Waals surface area (Å²) in [6.45, 7) is 2.78. The van der Waals surface area contributed by atoms with Crippen LogP contribution < -0.4 is 18.9 Å². The van der Waals surface area contributed by atoms with Crippen LogP contribution in [0.1, 0.15) is 18.4 Å². The van der Waals surface area contributed by atoms with E-state index in [0.29, 0.717) is 30.3 Å². The molecular formula is C24H32BrNO6. The number of halogens is 1. The van der Waals surface area contributed by atoms with Crippen molar-refractivity contribution in [2.45, 2.75) is 31.6 Å². The minimum atomic E-state index is -0.651. The van der Waals surface area contributed by atoms with E-state index in [1.165, 1.54) is 0 Å². The molecule has 2 atom stereocenters. The van der Waals surface area contributed by atoms with E-state index >= 15 is 0 Å². The van der Waals surface area contributed by atoms with Crippen molar-refractivity contribution in [3.63, 3.8) is 0 Å². The molecule has 1 aliphatic heterocycles. The van der Waals surface area contributed by atoms with Crippen LogP contribution in [0.15, 0.2) is 40.9 Å². The van der Waals surface area contributed by atoms with Crippen LogP contribution >= 0.6 is 15.9 Å². The molecule has 1 N–H and O–H groups in total. The topological polar surface area (TPSA) is 69.6 Å². The highest BCUT2D eigenvalue weighted by Crippen LogP contribution is 2.38. The normalized spacial score (nSPS) is 16.8. The molecule has 0 spiro atoms. The van der Waals surface area contributed by atoms with Gasteiger partial charge in [-0.05, 0) is 54.8 Å². The van der Waals surface area contributed by atoms with Gasteiger partial charge in [0.05, 0.1) is 27.4 Å². The SMILES string of the molecule is COc1cc(CN(CC(O)COc2ccc(Br)cc2)CC2CCCO2)cc(OC)c1OC. The Morgan fingerprint density at radius 1 is 1.09 bits per heavy atom. The molecule has 1 fully saturated rings. The van der Waals surface area contributed by atoms with Crippen molar-refractivity contribution >= 4 is 15.9 Å². The van der Waals surface area contributed by atoms with Gasteiger partial charge in [-0.1, -0.05) is 15.9 Å². The molecule has 0 aromatic heterocycles. The average molecular weight is 510 g/mol. The maximum absolute atomic E-state index is 10.7. The molecule has 2 aromatic carbocycles. The fraction of sp³-hybridized carbons (Fsp3) is 0.500. The number of methoxy groups -OCH3 is 3. The van der Waals surface area contributed by atoms with Crippen molar-refractivity contribution in [1.82, 2.24) is 4.90 Å². The Labute approximate surface area is 198 Å². The number of ether oxygens (including phenoxy) is 5. The Bertz CT molecular complexity index is 816. The maximum Gasteiger partial charge on any atom is 0.203 e. The van der Waals surface area contributed by atoms with Crippen molar-refractivity contribution < 1.29 is 28.8 Å². The van der Waals surface area contributed by atoms with Gasteiger partial charge in [0.1, 0.15) is 18.5 Å². The lowest BCUT2D eigenvalue weighted by Crippen LogP contribution is -2.39. The fourth-order valence-corrected chi connectivity index (χ4v) is 4.10. The fourth-order valence-electron chi connectivity index (χ4n) is 3.84. The molecule has 176 valence electrons. The summed E-state index contributed by atoms with van der Waals surface area (Å²) in [6, 6.07) is 11.4. The standard InChI is InChI=1S/C24H32BrNO6/c1-28-22-11-17(12-23(29-2)24(22)30-3)13-26(15-21-5-4-10-31-21)14-19(27)16-32-20-8-6-18(25)7-9-20/h6-9,11-12,19,21,27H,4-5,10,13-16H2,1-3H3. The highest BCUT2D eigenvalue weighted by atomic mass is 79.9. The van der Waals surface area contributed by atoms with Crippen molar-refractivity contribution in [3.05, 3.63) is 46.4 Å². The van der Waals surface area contributed by atoms with Gasteiger partial charge in [-0.3, -0.25) is 4.90 Å². The smallest absolute Gasteiger partial charge is 0.203 e. The summed E-state index contributed by atoms with van der Waals surface area (Å²) >= 11 is 3.41. The van der Waals surface area contributed by atoms with E-state index in [2.05, 4.69) is 20.8 Å². The predicted octanol–water partition coefficient (Wildman–Crippen LogP) is 3.90. The van der Waals surface area contributed by atoms with Gasteiger partial charge in [0, 0.05) is 30.7 Å². The first-order valence-electron chi connectivity index (χ1n) is 10.7. The van der Waals surface area contributed by atoms with Crippen LogP contribution in [0.4, 0.5) is 0 Å². The van der Waals surface area contributed by atoms with Crippen LogP contribution in [-0.2, 0) is 11.3 Å². The molecule has 3 rings (SSSR count). The summed E-state index contributed by atoms with van der Waals surface area (Å²) in [6.07, 6.45) is 1.61. The zero-order valence-electron chi connectivity index (χ0n) is 18.9. The molecule has 7 nitrogen and oxygen atoms in total. The highest BCUT2D eigenvalue weighted by molar-refractivity contribution is 9.10. The zero-order chi connectivity index (χ0) is 22.9. The van der Waals surface area contributed by atoms with Crippen LogP contribution in [0.3, 0.4) is 0 Å². The Balaban J connectivity index is 1.68. The third kappa shape index (κ3) is 7.00. The molecule has 8 heteroatoms. The first kappa shape index (κ1) is 24.6. The molecule has 0 bridgehead atoms. The van der Waals surface area contributed by atoms with Gasteiger partial charge in [0.2, 0.25) is 5.75 Å². The maximum atomic E-state index is 10.7. The predicted molar refractivity (Wildman–Crippen MR) is 126 cm³/mol. The molecule has 0 radical (unpaired) electrons. The molecule has 0 saturated carbocycles. The third-order valence-electron chi connectivity index (χ3n) is 5.34. The van der Waals surface area contributed by atoms with Crippen LogP contribution in [0.5, 0.6) is 23.0 Å². The largest absolute Gasteiger partial charge is 0.493 e. The van der Waals surface area contributed by atoms with Crippen molar-refractivity contribution in [1.29, 1.82) is 0 Å². The summed E-state index contributed by atoms with van der Waals surface area (Å²) in [7, 11) is 4.80. The second kappa shape index (κ2) is 12.3. The van der Waals surface area contributed by atoms with E-state index in [-0.39, 0.29) is 12.7 Å². The van der Waals surface area contributed by atoms with Crippen molar-refractivity contribution in [2.75, 3.05) is 47.6 Å². The molecule has 0 amide bonds. The minimum absolute atomic E-state index is 0.164. The Morgan fingerprint density at radius 3 is 2.34 bits per heavy atom. The summed E-state index contributed by atoms with van der Waals surface area (Å²) in [4.78, 5) is 2.19. The quantitative estimate of drug-likeness (QED) is 0.465. The zero-order valence-corrected chi connectivity index (χ0v) is 20.5. The number of hydrogen-bond acceptors (Lipinski definition) is 7. The lowest BCUT2D eigenvalue weighted by Gasteiger charge is -2.28. The van der Waals surface area contributed by atoms with E-state index < -0.39 is 6.10 Å². The van der Waals surface area contributed by atoms with Crippen LogP contribution in [-0.4, -0.2) is 69.8 Å². The lowest BCUT2D eigenvalue weighted by molar-refractivity contribution is 0.0313. The van der Waals surface area contributed by atoms with E-state index in [1.54, 1.807) is 21.3 Å². The Hall–Kier alpha value is -2.00. The summed E-state index contributed by atoms with van der Waals surface area (Å²) < 4.78 is 29.0. The van der Waals surface area contributed by atoms with Gasteiger partial charge in [0.25, 0.3) is 0 Å². The molecule has 1 heterocycles. The van der Waals surface area contributed by atoms with E-state index in [0.717, 1.165) is 41.8 Å². The van der Waals surface area contributed by atoms with Crippen molar-refractivity contribution in [3.8, 4) is 23.0 Å². The summed E-state index contributed by atoms with van der Waals surface area (Å²) in [5, 5.41) is 10.7. The monoisotopic (exact) mass is 509 g/mol. The van der Waals surface area contributed by atoms with E-state index in [1.807, 2.05) is 36.4 Å². The lowest BCUT2D eigenvalue weighted by atomic mass is 10.1. The summed E-state index contributed by atoms with van der Waals surface area (Å²) in [5.41, 5.74) is 0.999. The molecule has 32 heavy (non-hydrogen) atoms. The number of rotatable bonds is 12. The van der Waals surface area contributed by atoms with Crippen LogP contribution in [0.2, 0.25) is 0 Å². The minimum Gasteiger partial charge on any atom is -0.493 e. The molecular weight excluding hydrogens is 478 g/mol. The van der Waals surface area contributed by atoms with E-state index in [9.17, 15) is 5.11 Å². The number of nitrogens with zero attached hydrogens (tertiary/aromatic N) is 1.